The van der Waals surface area contributed by atoms with E-state index in [2.05, 4.69) is 0 Å². The molecule has 0 heterocycles. The fourth-order valence-corrected chi connectivity index (χ4v) is 2.20. The van der Waals surface area contributed by atoms with Crippen molar-refractivity contribution in [1.29, 1.82) is 0 Å². The fourth-order valence-electron chi connectivity index (χ4n) is 2.20. The van der Waals surface area contributed by atoms with Crippen molar-refractivity contribution < 1.29 is 9.13 Å². The highest BCUT2D eigenvalue weighted by atomic mass is 19.1. The van der Waals surface area contributed by atoms with Gasteiger partial charge in [0.1, 0.15) is 11.6 Å². The van der Waals surface area contributed by atoms with Gasteiger partial charge >= 0.3 is 0 Å². The van der Waals surface area contributed by atoms with Gasteiger partial charge in [-0.25, -0.2) is 4.39 Å². The Morgan fingerprint density at radius 3 is 2.69 bits per heavy atom. The van der Waals surface area contributed by atoms with Crippen molar-refractivity contribution in [2.75, 3.05) is 6.54 Å². The summed E-state index contributed by atoms with van der Waals surface area (Å²) in [5.41, 5.74) is 6.37. The molecule has 16 heavy (non-hydrogen) atoms. The summed E-state index contributed by atoms with van der Waals surface area (Å²) in [5, 5.41) is 0. The van der Waals surface area contributed by atoms with E-state index in [1.165, 1.54) is 25.0 Å². The highest BCUT2D eigenvalue weighted by Crippen LogP contribution is 2.25. The molecule has 0 unspecified atom stereocenters. The van der Waals surface area contributed by atoms with Crippen LogP contribution >= 0.6 is 0 Å². The molecule has 2 N–H and O–H groups in total. The molecule has 0 aromatic heterocycles. The van der Waals surface area contributed by atoms with Gasteiger partial charge in [0.05, 0.1) is 6.10 Å². The van der Waals surface area contributed by atoms with Crippen LogP contribution in [-0.4, -0.2) is 12.6 Å². The zero-order valence-corrected chi connectivity index (χ0v) is 9.42. The van der Waals surface area contributed by atoms with Crippen LogP contribution in [-0.2, 0) is 6.42 Å². The van der Waals surface area contributed by atoms with E-state index in [0.717, 1.165) is 18.4 Å². The second-order valence-corrected chi connectivity index (χ2v) is 4.36. The molecule has 0 aliphatic heterocycles. The third kappa shape index (κ3) is 2.95. The maximum absolute atomic E-state index is 13.3. The Morgan fingerprint density at radius 1 is 1.25 bits per heavy atom. The molecule has 0 bridgehead atoms. The van der Waals surface area contributed by atoms with Gasteiger partial charge in [-0.2, -0.15) is 0 Å². The first-order chi connectivity index (χ1) is 7.78. The average molecular weight is 223 g/mol. The van der Waals surface area contributed by atoms with Crippen LogP contribution in [0.4, 0.5) is 4.39 Å². The Bertz CT molecular complexity index is 348. The summed E-state index contributed by atoms with van der Waals surface area (Å²) in [4.78, 5) is 0. The molecule has 3 heteroatoms. The first kappa shape index (κ1) is 11.4. The summed E-state index contributed by atoms with van der Waals surface area (Å²) in [6.45, 7) is 0.534. The normalized spacial score (nSPS) is 16.6. The number of ether oxygens (including phenoxy) is 1. The van der Waals surface area contributed by atoms with Crippen LogP contribution in [0, 0.1) is 5.82 Å². The van der Waals surface area contributed by atoms with Crippen molar-refractivity contribution in [2.45, 2.75) is 38.2 Å². The van der Waals surface area contributed by atoms with Crippen LogP contribution in [0.15, 0.2) is 18.2 Å². The summed E-state index contributed by atoms with van der Waals surface area (Å²) in [7, 11) is 0. The highest BCUT2D eigenvalue weighted by molar-refractivity contribution is 5.30. The van der Waals surface area contributed by atoms with Crippen LogP contribution in [0.2, 0.25) is 0 Å². The average Bonchev–Trinajstić information content (AvgIpc) is 2.70. The number of hydrogen-bond donors (Lipinski definition) is 1. The van der Waals surface area contributed by atoms with Gasteiger partial charge in [0.15, 0.2) is 0 Å². The Hall–Kier alpha value is -1.09. The molecule has 2 nitrogen and oxygen atoms in total. The summed E-state index contributed by atoms with van der Waals surface area (Å²) >= 11 is 0. The second kappa shape index (κ2) is 5.30. The lowest BCUT2D eigenvalue weighted by Crippen LogP contribution is -2.11. The molecule has 88 valence electrons. The van der Waals surface area contributed by atoms with Crippen LogP contribution in [0.5, 0.6) is 5.75 Å². The third-order valence-electron chi connectivity index (χ3n) is 2.97. The number of benzene rings is 1. The summed E-state index contributed by atoms with van der Waals surface area (Å²) in [6, 6.07) is 4.88. The molecule has 0 saturated heterocycles. The minimum absolute atomic E-state index is 0.237. The zero-order chi connectivity index (χ0) is 11.4. The van der Waals surface area contributed by atoms with Crippen molar-refractivity contribution in [3.8, 4) is 5.75 Å². The van der Waals surface area contributed by atoms with Gasteiger partial charge in [-0.1, -0.05) is 0 Å². The molecule has 0 amide bonds. The van der Waals surface area contributed by atoms with Crippen molar-refractivity contribution in [3.63, 3.8) is 0 Å². The molecule has 1 fully saturated rings. The first-order valence-corrected chi connectivity index (χ1v) is 5.94. The van der Waals surface area contributed by atoms with Gasteiger partial charge in [-0.15, -0.1) is 0 Å². The van der Waals surface area contributed by atoms with E-state index in [1.807, 2.05) is 6.07 Å². The molecule has 2 rings (SSSR count). The standard InChI is InChI=1S/C13H18FNO/c14-11-7-10(5-6-15)8-13(9-11)16-12-3-1-2-4-12/h7-9,12H,1-6,15H2. The molecule has 0 spiro atoms. The summed E-state index contributed by atoms with van der Waals surface area (Å²) < 4.78 is 19.1. The number of nitrogens with two attached hydrogens (primary N) is 1. The quantitative estimate of drug-likeness (QED) is 0.851. The van der Waals surface area contributed by atoms with E-state index in [1.54, 1.807) is 0 Å². The Labute approximate surface area is 95.6 Å². The van der Waals surface area contributed by atoms with Gasteiger partial charge < -0.3 is 10.5 Å². The zero-order valence-electron chi connectivity index (χ0n) is 9.42. The monoisotopic (exact) mass is 223 g/mol. The Morgan fingerprint density at radius 2 is 2.00 bits per heavy atom. The number of hydrogen-bond acceptors (Lipinski definition) is 2. The molecule has 1 aromatic rings. The van der Waals surface area contributed by atoms with E-state index in [0.29, 0.717) is 18.7 Å². The maximum atomic E-state index is 13.3. The molecule has 1 aliphatic carbocycles. The van der Waals surface area contributed by atoms with Gasteiger partial charge in [-0.3, -0.25) is 0 Å². The SMILES string of the molecule is NCCc1cc(F)cc(OC2CCCC2)c1. The second-order valence-electron chi connectivity index (χ2n) is 4.36. The van der Waals surface area contributed by atoms with E-state index >= 15 is 0 Å². The predicted octanol–water partition coefficient (Wildman–Crippen LogP) is 2.65. The van der Waals surface area contributed by atoms with Crippen LogP contribution in [0.25, 0.3) is 0 Å². The molecule has 0 radical (unpaired) electrons. The predicted molar refractivity (Wildman–Crippen MR) is 62.0 cm³/mol. The van der Waals surface area contributed by atoms with Crippen LogP contribution in [0.1, 0.15) is 31.2 Å². The van der Waals surface area contributed by atoms with Crippen molar-refractivity contribution in [3.05, 3.63) is 29.6 Å². The topological polar surface area (TPSA) is 35.2 Å². The molecule has 1 aliphatic rings. The fraction of sp³-hybridized carbons (Fsp3) is 0.538. The molecule has 0 atom stereocenters. The molecular formula is C13H18FNO. The van der Waals surface area contributed by atoms with Gasteiger partial charge in [-0.05, 0) is 56.3 Å². The lowest BCUT2D eigenvalue weighted by atomic mass is 10.1. The van der Waals surface area contributed by atoms with Crippen LogP contribution < -0.4 is 10.5 Å². The lowest BCUT2D eigenvalue weighted by molar-refractivity contribution is 0.209. The molecule has 1 saturated carbocycles. The van der Waals surface area contributed by atoms with E-state index in [9.17, 15) is 4.39 Å². The van der Waals surface area contributed by atoms with Gasteiger partial charge in [0.2, 0.25) is 0 Å². The minimum Gasteiger partial charge on any atom is -0.490 e. The smallest absolute Gasteiger partial charge is 0.127 e. The molecule has 1 aromatic carbocycles. The highest BCUT2D eigenvalue weighted by Gasteiger charge is 2.16. The van der Waals surface area contributed by atoms with E-state index in [-0.39, 0.29) is 11.9 Å². The maximum Gasteiger partial charge on any atom is 0.127 e. The Kier molecular flexibility index (Phi) is 3.78. The summed E-state index contributed by atoms with van der Waals surface area (Å²) in [5.74, 6) is 0.411. The van der Waals surface area contributed by atoms with Crippen LogP contribution in [0.3, 0.4) is 0 Å². The van der Waals surface area contributed by atoms with E-state index in [4.69, 9.17) is 10.5 Å². The number of halogens is 1. The third-order valence-corrected chi connectivity index (χ3v) is 2.97. The number of rotatable bonds is 4. The molecular weight excluding hydrogens is 205 g/mol. The largest absolute Gasteiger partial charge is 0.490 e. The van der Waals surface area contributed by atoms with Crippen molar-refractivity contribution in [2.24, 2.45) is 5.73 Å². The Balaban J connectivity index is 2.06. The summed E-state index contributed by atoms with van der Waals surface area (Å²) in [6.07, 6.45) is 5.57. The minimum atomic E-state index is -0.237. The van der Waals surface area contributed by atoms with Crippen molar-refractivity contribution >= 4 is 0 Å². The first-order valence-electron chi connectivity index (χ1n) is 5.94. The van der Waals surface area contributed by atoms with Gasteiger partial charge in [0.25, 0.3) is 0 Å². The van der Waals surface area contributed by atoms with Gasteiger partial charge in [0, 0.05) is 6.07 Å². The van der Waals surface area contributed by atoms with Crippen molar-refractivity contribution in [1.82, 2.24) is 0 Å². The lowest BCUT2D eigenvalue weighted by Gasteiger charge is -2.14. The van der Waals surface area contributed by atoms with E-state index < -0.39 is 0 Å².